The van der Waals surface area contributed by atoms with Crippen LogP contribution in [0.4, 0.5) is 10.3 Å². The van der Waals surface area contributed by atoms with Crippen molar-refractivity contribution in [3.05, 3.63) is 104 Å². The van der Waals surface area contributed by atoms with Crippen LogP contribution >= 0.6 is 39.3 Å². The van der Waals surface area contributed by atoms with Gasteiger partial charge in [-0.05, 0) is 58.9 Å². The van der Waals surface area contributed by atoms with Gasteiger partial charge in [0, 0.05) is 0 Å². The molecule has 2 aliphatic carbocycles. The molecule has 0 fully saturated rings. The summed E-state index contributed by atoms with van der Waals surface area (Å²) < 4.78 is 0. The predicted molar refractivity (Wildman–Crippen MR) is 139 cm³/mol. The van der Waals surface area contributed by atoms with Crippen molar-refractivity contribution in [1.82, 2.24) is 9.97 Å². The fraction of sp³-hybridized carbons (Fsp3) is 0.182. The molecule has 168 valence electrons. The van der Waals surface area contributed by atoms with Crippen molar-refractivity contribution in [2.24, 2.45) is 0 Å². The second-order valence-corrected chi connectivity index (χ2v) is 14.3. The van der Waals surface area contributed by atoms with E-state index in [2.05, 4.69) is 44.9 Å². The van der Waals surface area contributed by atoms with Crippen molar-refractivity contribution in [2.45, 2.75) is 27.7 Å². The molecule has 4 rings (SSSR count). The molecule has 0 aliphatic heterocycles. The standard InChI is InChI=1S/2C11H11N2S.2ClH.Fe.Pb/c2*1-8-7-12-11(14-8)13-9(2)10-5-3-4-6-10;;;;/h2*3-7H,1-2H3;2*1H;;/q2*-1;;;2*+2/p-2. The number of allylic oxidation sites excluding steroid dienone is 12. The fourth-order valence-corrected chi connectivity index (χ4v) is 3.80. The van der Waals surface area contributed by atoms with Crippen molar-refractivity contribution >= 4 is 71.4 Å². The van der Waals surface area contributed by atoms with E-state index in [1.165, 1.54) is 9.75 Å². The van der Waals surface area contributed by atoms with Crippen molar-refractivity contribution in [3.8, 4) is 0 Å². The van der Waals surface area contributed by atoms with E-state index in [0.29, 0.717) is 0 Å². The van der Waals surface area contributed by atoms with E-state index in [1.807, 2.05) is 64.4 Å². The summed E-state index contributed by atoms with van der Waals surface area (Å²) in [5.74, 6) is 0. The fourth-order valence-electron chi connectivity index (χ4n) is 2.44. The minimum absolute atomic E-state index is 0. The van der Waals surface area contributed by atoms with E-state index in [1.54, 1.807) is 22.7 Å². The van der Waals surface area contributed by atoms with Gasteiger partial charge in [-0.15, -0.1) is 0 Å². The van der Waals surface area contributed by atoms with Gasteiger partial charge in [0.15, 0.2) is 0 Å². The van der Waals surface area contributed by atoms with E-state index in [4.69, 9.17) is 16.6 Å². The molecule has 0 aromatic carbocycles. The van der Waals surface area contributed by atoms with Crippen LogP contribution in [0.15, 0.2) is 83.5 Å². The van der Waals surface area contributed by atoms with Crippen LogP contribution < -0.4 is 0 Å². The van der Waals surface area contributed by atoms with E-state index in [9.17, 15) is 0 Å². The first-order valence-corrected chi connectivity index (χ1v) is 20.5. The molecule has 0 N–H and O–H groups in total. The Hall–Kier alpha value is -0.678. The SMILES string of the molecule is CC([N-]c1ncc(C)s1)=C1C=CC=C1.CC([N-]c1ncc(C)s1)=C1C=CC=C1.[Cl][Pb][Cl].[Fe+2]. The molecule has 0 unspecified atom stereocenters. The second-order valence-electron chi connectivity index (χ2n) is 6.32. The van der Waals surface area contributed by atoms with Crippen LogP contribution in [0.3, 0.4) is 0 Å². The number of hydrogen-bond acceptors (Lipinski definition) is 4. The molecule has 0 spiro atoms. The maximum atomic E-state index is 4.96. The average Bonchev–Trinajstić information content (AvgIpc) is 3.52. The summed E-state index contributed by atoms with van der Waals surface area (Å²) in [4.78, 5) is 10.8. The Labute approximate surface area is 227 Å². The van der Waals surface area contributed by atoms with Gasteiger partial charge in [-0.25, -0.2) is 0 Å². The van der Waals surface area contributed by atoms with Crippen LogP contribution in [0.25, 0.3) is 10.6 Å². The molecule has 2 radical (unpaired) electrons. The van der Waals surface area contributed by atoms with Crippen molar-refractivity contribution < 1.29 is 17.1 Å². The second kappa shape index (κ2) is 16.0. The van der Waals surface area contributed by atoms with E-state index in [0.717, 1.165) is 32.8 Å². The molecule has 0 atom stereocenters. The molecule has 2 aliphatic rings. The molecule has 0 amide bonds. The van der Waals surface area contributed by atoms with Crippen LogP contribution in [-0.4, -0.2) is 31.8 Å². The minimum atomic E-state index is -0.972. The Bertz CT molecular complexity index is 942. The summed E-state index contributed by atoms with van der Waals surface area (Å²) in [6.45, 7) is 8.08. The number of aromatic nitrogens is 2. The third kappa shape index (κ3) is 10.5. The number of nitrogens with zero attached hydrogens (tertiary/aromatic N) is 4. The van der Waals surface area contributed by atoms with Crippen molar-refractivity contribution in [1.29, 1.82) is 0 Å². The molecular formula is C22H22Cl2FeN4PbS2. The predicted octanol–water partition coefficient (Wildman–Crippen LogP) is 8.71. The van der Waals surface area contributed by atoms with Crippen LogP contribution in [0.2, 0.25) is 0 Å². The van der Waals surface area contributed by atoms with Gasteiger partial charge in [-0.3, -0.25) is 0 Å². The monoisotopic (exact) mass is 740 g/mol. The molecule has 0 saturated carbocycles. The number of aryl methyl sites for hydroxylation is 2. The third-order valence-electron chi connectivity index (χ3n) is 3.91. The molecule has 32 heavy (non-hydrogen) atoms. The molecule has 2 heterocycles. The maximum absolute atomic E-state index is 4.96. The van der Waals surface area contributed by atoms with Crippen molar-refractivity contribution in [3.63, 3.8) is 0 Å². The van der Waals surface area contributed by atoms with Gasteiger partial charge in [0.2, 0.25) is 0 Å². The van der Waals surface area contributed by atoms with Crippen molar-refractivity contribution in [2.75, 3.05) is 0 Å². The summed E-state index contributed by atoms with van der Waals surface area (Å²) in [6.07, 6.45) is 20.0. The molecule has 10 heteroatoms. The van der Waals surface area contributed by atoms with Gasteiger partial charge in [-0.1, -0.05) is 72.4 Å². The third-order valence-corrected chi connectivity index (χ3v) is 5.52. The normalized spacial score (nSPS) is 12.6. The Morgan fingerprint density at radius 1 is 0.750 bits per heavy atom. The van der Waals surface area contributed by atoms with Gasteiger partial charge >= 0.3 is 55.5 Å². The molecule has 2 aromatic rings. The van der Waals surface area contributed by atoms with E-state index in [-0.39, 0.29) is 17.1 Å². The summed E-state index contributed by atoms with van der Waals surface area (Å²) in [7, 11) is 9.92. The van der Waals surface area contributed by atoms with Gasteiger partial charge in [0.05, 0.1) is 0 Å². The van der Waals surface area contributed by atoms with Gasteiger partial charge in [-0.2, -0.15) is 22.7 Å². The Balaban J connectivity index is 0.000000278. The molecular weight excluding hydrogens is 718 g/mol. The first kappa shape index (κ1) is 29.4. The average molecular weight is 741 g/mol. The molecule has 2 aromatic heterocycles. The zero-order valence-electron chi connectivity index (χ0n) is 18.0. The van der Waals surface area contributed by atoms with Crippen LogP contribution in [0.5, 0.6) is 0 Å². The first-order chi connectivity index (χ1) is 14.9. The number of thiazole rings is 2. The van der Waals surface area contributed by atoms with E-state index < -0.39 is 21.8 Å². The van der Waals surface area contributed by atoms with Crippen LogP contribution in [0, 0.1) is 13.8 Å². The van der Waals surface area contributed by atoms with Crippen LogP contribution in [-0.2, 0) is 17.1 Å². The number of rotatable bonds is 4. The zero-order valence-corrected chi connectivity index (χ0v) is 26.1. The zero-order chi connectivity index (χ0) is 22.6. The Kier molecular flexibility index (Phi) is 14.7. The topological polar surface area (TPSA) is 54.0 Å². The van der Waals surface area contributed by atoms with Crippen LogP contribution in [0.1, 0.15) is 23.6 Å². The molecule has 0 saturated heterocycles. The minimum Gasteiger partial charge on any atom is 2.00 e. The maximum Gasteiger partial charge on any atom is 2.00 e. The quantitative estimate of drug-likeness (QED) is 0.295. The summed E-state index contributed by atoms with van der Waals surface area (Å²) >= 11 is 2.26. The van der Waals surface area contributed by atoms with Gasteiger partial charge in [0.1, 0.15) is 0 Å². The smallest absolute Gasteiger partial charge is 2.00 e. The summed E-state index contributed by atoms with van der Waals surface area (Å²) in [5, 5.41) is 10.6. The molecule has 4 nitrogen and oxygen atoms in total. The number of halogens is 2. The largest absolute Gasteiger partial charge is 2.00 e. The Morgan fingerprint density at radius 3 is 1.31 bits per heavy atom. The summed E-state index contributed by atoms with van der Waals surface area (Å²) in [6, 6.07) is 0. The first-order valence-electron chi connectivity index (χ1n) is 9.28. The van der Waals surface area contributed by atoms with Gasteiger partial charge in [0.25, 0.3) is 0 Å². The summed E-state index contributed by atoms with van der Waals surface area (Å²) in [5.41, 5.74) is 4.37. The Morgan fingerprint density at radius 2 is 1.06 bits per heavy atom. The number of hydrogen-bond donors (Lipinski definition) is 0. The van der Waals surface area contributed by atoms with Gasteiger partial charge < -0.3 is 20.6 Å². The van der Waals surface area contributed by atoms with E-state index >= 15 is 0 Å². The molecule has 0 bridgehead atoms.